The average molecular weight is 297 g/mol. The smallest absolute Gasteiger partial charge is 0.222 e. The van der Waals surface area contributed by atoms with Gasteiger partial charge in [0.2, 0.25) is 5.91 Å². The molecule has 114 valence electrons. The van der Waals surface area contributed by atoms with Gasteiger partial charge in [-0.2, -0.15) is 0 Å². The van der Waals surface area contributed by atoms with Crippen molar-refractivity contribution < 1.29 is 9.32 Å². The van der Waals surface area contributed by atoms with Crippen LogP contribution < -0.4 is 0 Å². The lowest BCUT2D eigenvalue weighted by Gasteiger charge is -2.15. The number of carbonyl (C=O) groups excluding carboxylic acids is 1. The summed E-state index contributed by atoms with van der Waals surface area (Å²) in [6, 6.07) is 10.0. The molecular weight excluding hydrogens is 278 g/mol. The van der Waals surface area contributed by atoms with Crippen molar-refractivity contribution in [2.24, 2.45) is 0 Å². The number of rotatable bonds is 6. The van der Waals surface area contributed by atoms with Crippen LogP contribution in [0.1, 0.15) is 24.1 Å². The van der Waals surface area contributed by atoms with Gasteiger partial charge in [-0.05, 0) is 24.5 Å². The van der Waals surface area contributed by atoms with Crippen LogP contribution in [0.4, 0.5) is 0 Å². The molecule has 0 unspecified atom stereocenters. The summed E-state index contributed by atoms with van der Waals surface area (Å²) in [7, 11) is 1.79. The minimum atomic E-state index is 0.128. The molecule has 1 aromatic carbocycles. The van der Waals surface area contributed by atoms with Gasteiger partial charge in [0.25, 0.3) is 0 Å². The number of para-hydroxylation sites is 1. The van der Waals surface area contributed by atoms with Gasteiger partial charge in [0.15, 0.2) is 0 Å². The SMILES string of the molecule is CN(Cc1ccon1)C(=O)CCCc1c[nH]c2ccccc12. The number of hydrogen-bond donors (Lipinski definition) is 1. The Morgan fingerprint density at radius 2 is 2.18 bits per heavy atom. The molecule has 0 aliphatic rings. The number of H-pyrrole nitrogens is 1. The van der Waals surface area contributed by atoms with Crippen LogP contribution in [0.25, 0.3) is 10.9 Å². The molecule has 5 heteroatoms. The molecule has 0 aliphatic heterocycles. The molecule has 0 fully saturated rings. The molecule has 0 aliphatic carbocycles. The van der Waals surface area contributed by atoms with Gasteiger partial charge in [-0.1, -0.05) is 23.4 Å². The van der Waals surface area contributed by atoms with E-state index < -0.39 is 0 Å². The van der Waals surface area contributed by atoms with Gasteiger partial charge in [0.05, 0.1) is 6.54 Å². The van der Waals surface area contributed by atoms with Gasteiger partial charge in [0.1, 0.15) is 12.0 Å². The Kier molecular flexibility index (Phi) is 4.23. The minimum absolute atomic E-state index is 0.128. The second kappa shape index (κ2) is 6.47. The van der Waals surface area contributed by atoms with Crippen LogP contribution in [0.5, 0.6) is 0 Å². The van der Waals surface area contributed by atoms with Gasteiger partial charge < -0.3 is 14.4 Å². The van der Waals surface area contributed by atoms with Gasteiger partial charge in [-0.3, -0.25) is 4.79 Å². The van der Waals surface area contributed by atoms with Gasteiger partial charge in [-0.25, -0.2) is 0 Å². The molecule has 22 heavy (non-hydrogen) atoms. The fraction of sp³-hybridized carbons (Fsp3) is 0.294. The summed E-state index contributed by atoms with van der Waals surface area (Å²) >= 11 is 0. The molecule has 3 aromatic rings. The standard InChI is InChI=1S/C17H19N3O2/c1-20(12-14-9-10-22-19-14)17(21)8-4-5-13-11-18-16-7-3-2-6-15(13)16/h2-3,6-7,9-11,18H,4-5,8,12H2,1H3. The first kappa shape index (κ1) is 14.4. The molecule has 5 nitrogen and oxygen atoms in total. The highest BCUT2D eigenvalue weighted by Crippen LogP contribution is 2.19. The topological polar surface area (TPSA) is 62.1 Å². The van der Waals surface area contributed by atoms with E-state index in [1.165, 1.54) is 17.2 Å². The molecule has 1 amide bonds. The second-order valence-electron chi connectivity index (χ2n) is 5.45. The van der Waals surface area contributed by atoms with Gasteiger partial charge in [-0.15, -0.1) is 0 Å². The zero-order valence-electron chi connectivity index (χ0n) is 12.6. The maximum atomic E-state index is 12.1. The van der Waals surface area contributed by atoms with Gasteiger partial charge >= 0.3 is 0 Å². The normalized spacial score (nSPS) is 11.0. The van der Waals surface area contributed by atoms with E-state index in [1.807, 2.05) is 18.3 Å². The van der Waals surface area contributed by atoms with Crippen LogP contribution in [0.2, 0.25) is 0 Å². The summed E-state index contributed by atoms with van der Waals surface area (Å²) in [5.41, 5.74) is 3.18. The Labute approximate surface area is 128 Å². The van der Waals surface area contributed by atoms with Crippen LogP contribution in [-0.4, -0.2) is 28.0 Å². The van der Waals surface area contributed by atoms with E-state index in [0.29, 0.717) is 13.0 Å². The molecular formula is C17H19N3O2. The van der Waals surface area contributed by atoms with Crippen molar-refractivity contribution in [3.8, 4) is 0 Å². The highest BCUT2D eigenvalue weighted by atomic mass is 16.5. The number of aryl methyl sites for hydroxylation is 1. The van der Waals surface area contributed by atoms with Crippen molar-refractivity contribution in [2.45, 2.75) is 25.8 Å². The number of benzene rings is 1. The monoisotopic (exact) mass is 297 g/mol. The van der Waals surface area contributed by atoms with E-state index in [9.17, 15) is 4.79 Å². The lowest BCUT2D eigenvalue weighted by atomic mass is 10.1. The third kappa shape index (κ3) is 3.19. The number of nitrogens with zero attached hydrogens (tertiary/aromatic N) is 2. The molecule has 2 heterocycles. The van der Waals surface area contributed by atoms with Crippen molar-refractivity contribution in [3.05, 3.63) is 54.0 Å². The molecule has 2 aromatic heterocycles. The quantitative estimate of drug-likeness (QED) is 0.760. The summed E-state index contributed by atoms with van der Waals surface area (Å²) in [4.78, 5) is 17.1. The van der Waals surface area contributed by atoms with E-state index in [1.54, 1.807) is 18.0 Å². The number of nitrogens with one attached hydrogen (secondary N) is 1. The number of amides is 1. The largest absolute Gasteiger partial charge is 0.364 e. The van der Waals surface area contributed by atoms with Crippen LogP contribution in [0.15, 0.2) is 47.3 Å². The Balaban J connectivity index is 1.51. The molecule has 0 atom stereocenters. The molecule has 0 radical (unpaired) electrons. The minimum Gasteiger partial charge on any atom is -0.364 e. The summed E-state index contributed by atoms with van der Waals surface area (Å²) in [6.07, 6.45) is 5.82. The Morgan fingerprint density at radius 3 is 3.00 bits per heavy atom. The number of fused-ring (bicyclic) bond motifs is 1. The van der Waals surface area contributed by atoms with Crippen LogP contribution in [0.3, 0.4) is 0 Å². The Morgan fingerprint density at radius 1 is 1.32 bits per heavy atom. The van der Waals surface area contributed by atoms with Crippen LogP contribution >= 0.6 is 0 Å². The number of aromatic nitrogens is 2. The molecule has 0 bridgehead atoms. The van der Waals surface area contributed by atoms with E-state index in [0.717, 1.165) is 24.1 Å². The molecule has 1 N–H and O–H groups in total. The van der Waals surface area contributed by atoms with Crippen LogP contribution in [0, 0.1) is 0 Å². The molecule has 3 rings (SSSR count). The van der Waals surface area contributed by atoms with Crippen molar-refractivity contribution in [3.63, 3.8) is 0 Å². The van der Waals surface area contributed by atoms with Crippen LogP contribution in [-0.2, 0) is 17.8 Å². The Bertz CT molecular complexity index is 746. The summed E-state index contributed by atoms with van der Waals surface area (Å²) in [5, 5.41) is 5.06. The lowest BCUT2D eigenvalue weighted by molar-refractivity contribution is -0.130. The maximum Gasteiger partial charge on any atom is 0.222 e. The zero-order valence-corrected chi connectivity index (χ0v) is 12.6. The lowest BCUT2D eigenvalue weighted by Crippen LogP contribution is -2.26. The molecule has 0 spiro atoms. The number of hydrogen-bond acceptors (Lipinski definition) is 3. The predicted octanol–water partition coefficient (Wildman–Crippen LogP) is 3.14. The fourth-order valence-corrected chi connectivity index (χ4v) is 2.61. The van der Waals surface area contributed by atoms with E-state index in [-0.39, 0.29) is 5.91 Å². The predicted molar refractivity (Wildman–Crippen MR) is 84.2 cm³/mol. The van der Waals surface area contributed by atoms with Gasteiger partial charge in [0, 0.05) is 36.6 Å². The third-order valence-electron chi connectivity index (χ3n) is 3.83. The third-order valence-corrected chi connectivity index (χ3v) is 3.83. The summed E-state index contributed by atoms with van der Waals surface area (Å²) < 4.78 is 4.77. The molecule has 0 saturated carbocycles. The average Bonchev–Trinajstić information content (AvgIpc) is 3.17. The van der Waals surface area contributed by atoms with Crippen molar-refractivity contribution in [2.75, 3.05) is 7.05 Å². The Hall–Kier alpha value is -2.56. The first-order chi connectivity index (χ1) is 10.7. The van der Waals surface area contributed by atoms with E-state index in [4.69, 9.17) is 4.52 Å². The van der Waals surface area contributed by atoms with Crippen molar-refractivity contribution in [1.82, 2.24) is 15.0 Å². The highest BCUT2D eigenvalue weighted by molar-refractivity contribution is 5.83. The summed E-state index contributed by atoms with van der Waals surface area (Å²) in [6.45, 7) is 0.489. The number of aromatic amines is 1. The van der Waals surface area contributed by atoms with E-state index in [2.05, 4.69) is 22.3 Å². The van der Waals surface area contributed by atoms with E-state index >= 15 is 0 Å². The second-order valence-corrected chi connectivity index (χ2v) is 5.45. The van der Waals surface area contributed by atoms with Crippen molar-refractivity contribution in [1.29, 1.82) is 0 Å². The summed E-state index contributed by atoms with van der Waals surface area (Å²) in [5.74, 6) is 0.128. The molecule has 0 saturated heterocycles. The zero-order chi connectivity index (χ0) is 15.4. The first-order valence-electron chi connectivity index (χ1n) is 7.42. The number of carbonyl (C=O) groups is 1. The van der Waals surface area contributed by atoms with Crippen molar-refractivity contribution >= 4 is 16.8 Å². The highest BCUT2D eigenvalue weighted by Gasteiger charge is 2.11. The fourth-order valence-electron chi connectivity index (χ4n) is 2.61. The first-order valence-corrected chi connectivity index (χ1v) is 7.42. The maximum absolute atomic E-state index is 12.1.